The number of hydrogen-bond donors (Lipinski definition) is 0. The van der Waals surface area contributed by atoms with Gasteiger partial charge in [-0.1, -0.05) is 11.6 Å². The molecule has 1 fully saturated rings. The Hall–Kier alpha value is -2.47. The van der Waals surface area contributed by atoms with E-state index in [1.807, 2.05) is 6.92 Å². The normalized spacial score (nSPS) is 20.9. The Morgan fingerprint density at radius 2 is 2.24 bits per heavy atom. The second-order valence-electron chi connectivity index (χ2n) is 5.98. The first-order valence-electron chi connectivity index (χ1n) is 8.05. The fourth-order valence-corrected chi connectivity index (χ4v) is 3.37. The third kappa shape index (κ3) is 2.40. The Kier molecular flexibility index (Phi) is 3.72. The molecule has 0 radical (unpaired) electrons. The topological polar surface area (TPSA) is 65.1 Å². The summed E-state index contributed by atoms with van der Waals surface area (Å²) >= 11 is 6.15. The molecule has 130 valence electrons. The van der Waals surface area contributed by atoms with Crippen LogP contribution in [-0.4, -0.2) is 42.6 Å². The van der Waals surface area contributed by atoms with E-state index in [4.69, 9.17) is 25.8 Å². The highest BCUT2D eigenvalue weighted by Crippen LogP contribution is 2.40. The molecule has 3 aliphatic rings. The van der Waals surface area contributed by atoms with Crippen molar-refractivity contribution in [2.45, 2.75) is 20.1 Å². The Morgan fingerprint density at radius 3 is 3.00 bits per heavy atom. The molecule has 6 nitrogen and oxygen atoms in total. The molecular formula is C18H16ClNO5. The number of esters is 1. The first kappa shape index (κ1) is 16.0. The van der Waals surface area contributed by atoms with Crippen LogP contribution in [0.4, 0.5) is 0 Å². The molecule has 1 atom stereocenters. The van der Waals surface area contributed by atoms with Gasteiger partial charge in [0.1, 0.15) is 17.9 Å². The molecule has 1 saturated heterocycles. The van der Waals surface area contributed by atoms with Gasteiger partial charge in [0.05, 0.1) is 24.3 Å². The van der Waals surface area contributed by atoms with Crippen molar-refractivity contribution in [2.24, 2.45) is 0 Å². The largest absolute Gasteiger partial charge is 0.476 e. The third-order valence-electron chi connectivity index (χ3n) is 4.41. The summed E-state index contributed by atoms with van der Waals surface area (Å²) in [5.41, 5.74) is 1.84. The average molecular weight is 362 g/mol. The van der Waals surface area contributed by atoms with Crippen LogP contribution in [0.25, 0.3) is 0 Å². The molecule has 3 heterocycles. The van der Waals surface area contributed by atoms with Gasteiger partial charge in [0.2, 0.25) is 12.1 Å². The van der Waals surface area contributed by atoms with Crippen LogP contribution in [0.15, 0.2) is 35.2 Å². The lowest BCUT2D eigenvalue weighted by molar-refractivity contribution is -0.138. The van der Waals surface area contributed by atoms with Crippen LogP contribution in [0.1, 0.15) is 22.8 Å². The molecule has 0 N–H and O–H groups in total. The van der Waals surface area contributed by atoms with Crippen LogP contribution in [0, 0.1) is 6.92 Å². The number of fused-ring (bicyclic) bond motifs is 4. The summed E-state index contributed by atoms with van der Waals surface area (Å²) in [6, 6.07) is 3.36. The van der Waals surface area contributed by atoms with Gasteiger partial charge in [-0.2, -0.15) is 0 Å². The van der Waals surface area contributed by atoms with Gasteiger partial charge in [-0.25, -0.2) is 4.79 Å². The second-order valence-corrected chi connectivity index (χ2v) is 6.38. The maximum Gasteiger partial charge on any atom is 0.343 e. The molecule has 7 heteroatoms. The summed E-state index contributed by atoms with van der Waals surface area (Å²) in [7, 11) is 0. The van der Waals surface area contributed by atoms with E-state index in [0.29, 0.717) is 40.9 Å². The van der Waals surface area contributed by atoms with E-state index in [9.17, 15) is 9.59 Å². The number of benzene rings is 1. The predicted octanol–water partition coefficient (Wildman–Crippen LogP) is 2.60. The van der Waals surface area contributed by atoms with Gasteiger partial charge in [-0.15, -0.1) is 0 Å². The SMILES string of the molecule is CCOC(=O)C1=C2OCCN2C2Oc3cc(C)c(Cl)cc3C(=O)C2=C1. The van der Waals surface area contributed by atoms with E-state index in [0.717, 1.165) is 5.56 Å². The maximum atomic E-state index is 13.0. The molecule has 4 rings (SSSR count). The van der Waals surface area contributed by atoms with Crippen LogP contribution in [-0.2, 0) is 14.3 Å². The summed E-state index contributed by atoms with van der Waals surface area (Å²) in [5.74, 6) is 0.158. The molecule has 3 aliphatic heterocycles. The molecule has 25 heavy (non-hydrogen) atoms. The highest BCUT2D eigenvalue weighted by Gasteiger charge is 2.44. The van der Waals surface area contributed by atoms with Crippen LogP contribution in [0.3, 0.4) is 0 Å². The number of rotatable bonds is 2. The zero-order chi connectivity index (χ0) is 17.7. The van der Waals surface area contributed by atoms with E-state index < -0.39 is 12.2 Å². The lowest BCUT2D eigenvalue weighted by atomic mass is 9.93. The van der Waals surface area contributed by atoms with Gasteiger partial charge >= 0.3 is 5.97 Å². The Labute approximate surface area is 149 Å². The fourth-order valence-electron chi connectivity index (χ4n) is 3.20. The first-order valence-corrected chi connectivity index (χ1v) is 8.43. The number of carbonyl (C=O) groups excluding carboxylic acids is 2. The van der Waals surface area contributed by atoms with E-state index in [1.54, 1.807) is 24.0 Å². The molecule has 0 aromatic heterocycles. The standard InChI is InChI=1S/C18H16ClNO5/c1-3-23-18(22)12-7-11-15(21)10-8-13(19)9(2)6-14(10)25-17(11)20-4-5-24-16(12)20/h6-8,17H,3-5H2,1-2H3. The van der Waals surface area contributed by atoms with E-state index in [2.05, 4.69) is 0 Å². The Bertz CT molecular complexity index is 857. The summed E-state index contributed by atoms with van der Waals surface area (Å²) < 4.78 is 16.7. The van der Waals surface area contributed by atoms with Crippen LogP contribution in [0.2, 0.25) is 5.02 Å². The number of ketones is 1. The number of aryl methyl sites for hydroxylation is 1. The minimum absolute atomic E-state index is 0.208. The zero-order valence-electron chi connectivity index (χ0n) is 13.8. The molecular weight excluding hydrogens is 346 g/mol. The molecule has 0 saturated carbocycles. The monoisotopic (exact) mass is 361 g/mol. The fraction of sp³-hybridized carbons (Fsp3) is 0.333. The summed E-state index contributed by atoms with van der Waals surface area (Å²) in [5, 5.41) is 0.497. The van der Waals surface area contributed by atoms with Gasteiger partial charge in [0, 0.05) is 5.02 Å². The lowest BCUT2D eigenvalue weighted by Gasteiger charge is -2.37. The van der Waals surface area contributed by atoms with Crippen LogP contribution in [0.5, 0.6) is 5.75 Å². The molecule has 0 aliphatic carbocycles. The van der Waals surface area contributed by atoms with Crippen molar-refractivity contribution in [2.75, 3.05) is 19.8 Å². The molecule has 1 aromatic rings. The Morgan fingerprint density at radius 1 is 1.44 bits per heavy atom. The molecule has 1 aromatic carbocycles. The highest BCUT2D eigenvalue weighted by atomic mass is 35.5. The van der Waals surface area contributed by atoms with Gasteiger partial charge in [0.15, 0.2) is 5.78 Å². The van der Waals surface area contributed by atoms with Crippen molar-refractivity contribution >= 4 is 23.4 Å². The maximum absolute atomic E-state index is 13.0. The second kappa shape index (κ2) is 5.81. The summed E-state index contributed by atoms with van der Waals surface area (Å²) in [4.78, 5) is 27.0. The van der Waals surface area contributed by atoms with Crippen LogP contribution < -0.4 is 4.74 Å². The molecule has 0 amide bonds. The quantitative estimate of drug-likeness (QED) is 0.754. The minimum atomic E-state index is -0.615. The van der Waals surface area contributed by atoms with Crippen LogP contribution >= 0.6 is 11.6 Å². The van der Waals surface area contributed by atoms with Gasteiger partial charge in [0.25, 0.3) is 0 Å². The smallest absolute Gasteiger partial charge is 0.343 e. The van der Waals surface area contributed by atoms with Crippen molar-refractivity contribution in [3.05, 3.63) is 51.4 Å². The summed E-state index contributed by atoms with van der Waals surface area (Å²) in [6.45, 7) is 4.76. The van der Waals surface area contributed by atoms with Gasteiger partial charge < -0.3 is 14.2 Å². The first-order chi connectivity index (χ1) is 12.0. The van der Waals surface area contributed by atoms with Crippen molar-refractivity contribution in [3.63, 3.8) is 0 Å². The number of carbonyl (C=O) groups is 2. The predicted molar refractivity (Wildman–Crippen MR) is 89.3 cm³/mol. The lowest BCUT2D eigenvalue weighted by Crippen LogP contribution is -2.46. The Balaban J connectivity index is 1.83. The number of hydrogen-bond acceptors (Lipinski definition) is 6. The van der Waals surface area contributed by atoms with E-state index in [-0.39, 0.29) is 18.0 Å². The minimum Gasteiger partial charge on any atom is -0.476 e. The molecule has 0 bridgehead atoms. The summed E-state index contributed by atoms with van der Waals surface area (Å²) in [6.07, 6.45) is 0.898. The van der Waals surface area contributed by atoms with Gasteiger partial charge in [-0.3, -0.25) is 9.69 Å². The number of ether oxygens (including phenoxy) is 3. The van der Waals surface area contributed by atoms with Crippen molar-refractivity contribution in [1.82, 2.24) is 4.90 Å². The van der Waals surface area contributed by atoms with Crippen molar-refractivity contribution < 1.29 is 23.8 Å². The third-order valence-corrected chi connectivity index (χ3v) is 4.82. The highest BCUT2D eigenvalue weighted by molar-refractivity contribution is 6.32. The van der Waals surface area contributed by atoms with E-state index in [1.165, 1.54) is 6.08 Å². The van der Waals surface area contributed by atoms with Gasteiger partial charge in [-0.05, 0) is 37.6 Å². The number of halogens is 1. The number of nitrogens with zero attached hydrogens (tertiary/aromatic N) is 1. The van der Waals surface area contributed by atoms with Crippen molar-refractivity contribution in [1.29, 1.82) is 0 Å². The number of Topliss-reactive ketones (excluding diaryl/α,β-unsaturated/α-hetero) is 1. The average Bonchev–Trinajstić information content (AvgIpc) is 3.06. The van der Waals surface area contributed by atoms with E-state index >= 15 is 0 Å². The van der Waals surface area contributed by atoms with Crippen molar-refractivity contribution in [3.8, 4) is 5.75 Å². The molecule has 1 unspecified atom stereocenters. The zero-order valence-corrected chi connectivity index (χ0v) is 14.6. The molecule has 0 spiro atoms.